The molecule has 7 nitrogen and oxygen atoms in total. The molecule has 0 saturated heterocycles. The standard InChI is InChI=1S/C19H17N5O2S/c1-13-2-4-14(5-3-13)10-16(12-20)27-19-21-22-23-24(19)15-6-7-17-18(11-15)26-9-8-25-17/h2-7,11,16H,8-10H2,1H3/t16-/m0/s1. The molecule has 1 aromatic heterocycles. The van der Waals surface area contributed by atoms with Crippen molar-refractivity contribution in [3.63, 3.8) is 0 Å². The largest absolute Gasteiger partial charge is 0.486 e. The van der Waals surface area contributed by atoms with Crippen LogP contribution >= 0.6 is 11.8 Å². The molecule has 3 aromatic rings. The summed E-state index contributed by atoms with van der Waals surface area (Å²) in [4.78, 5) is 0. The Morgan fingerprint density at radius 3 is 2.70 bits per heavy atom. The molecule has 0 fully saturated rings. The van der Waals surface area contributed by atoms with Crippen LogP contribution in [-0.2, 0) is 6.42 Å². The topological polar surface area (TPSA) is 85.9 Å². The molecule has 0 amide bonds. The Kier molecular flexibility index (Phi) is 4.94. The van der Waals surface area contributed by atoms with Gasteiger partial charge in [-0.2, -0.15) is 9.94 Å². The summed E-state index contributed by atoms with van der Waals surface area (Å²) in [6, 6.07) is 16.1. The molecule has 0 spiro atoms. The van der Waals surface area contributed by atoms with Gasteiger partial charge in [-0.25, -0.2) is 0 Å². The maximum atomic E-state index is 9.58. The summed E-state index contributed by atoms with van der Waals surface area (Å²) in [5, 5.41) is 21.8. The molecule has 1 atom stereocenters. The monoisotopic (exact) mass is 379 g/mol. The molecule has 27 heavy (non-hydrogen) atoms. The quantitative estimate of drug-likeness (QED) is 0.630. The number of fused-ring (bicyclic) bond motifs is 1. The number of hydrogen-bond donors (Lipinski definition) is 0. The van der Waals surface area contributed by atoms with Gasteiger partial charge in [0.25, 0.3) is 0 Å². The normalized spacial score (nSPS) is 13.8. The van der Waals surface area contributed by atoms with Crippen LogP contribution in [0.5, 0.6) is 11.5 Å². The third-order valence-electron chi connectivity index (χ3n) is 4.14. The van der Waals surface area contributed by atoms with Gasteiger partial charge in [0.15, 0.2) is 11.5 Å². The number of aromatic nitrogens is 4. The van der Waals surface area contributed by atoms with Gasteiger partial charge in [-0.1, -0.05) is 41.6 Å². The molecule has 0 N–H and O–H groups in total. The van der Waals surface area contributed by atoms with Crippen molar-refractivity contribution in [1.29, 1.82) is 5.26 Å². The minimum Gasteiger partial charge on any atom is -0.486 e. The number of hydrogen-bond acceptors (Lipinski definition) is 7. The van der Waals surface area contributed by atoms with Crippen LogP contribution in [0.15, 0.2) is 47.6 Å². The zero-order chi connectivity index (χ0) is 18.6. The van der Waals surface area contributed by atoms with Crippen LogP contribution in [-0.4, -0.2) is 38.7 Å². The molecule has 2 heterocycles. The van der Waals surface area contributed by atoms with Gasteiger partial charge in [0.1, 0.15) is 18.5 Å². The van der Waals surface area contributed by atoms with Crippen LogP contribution in [0.1, 0.15) is 11.1 Å². The number of tetrazole rings is 1. The van der Waals surface area contributed by atoms with Crippen LogP contribution in [0.25, 0.3) is 5.69 Å². The lowest BCUT2D eigenvalue weighted by Crippen LogP contribution is -2.15. The van der Waals surface area contributed by atoms with Gasteiger partial charge in [-0.15, -0.1) is 5.10 Å². The molecule has 0 aliphatic carbocycles. The lowest BCUT2D eigenvalue weighted by molar-refractivity contribution is 0.171. The maximum Gasteiger partial charge on any atom is 0.215 e. The number of rotatable bonds is 5. The third-order valence-corrected chi connectivity index (χ3v) is 5.17. The Hall–Kier alpha value is -3.05. The van der Waals surface area contributed by atoms with Gasteiger partial charge >= 0.3 is 0 Å². The second-order valence-corrected chi connectivity index (χ2v) is 7.30. The van der Waals surface area contributed by atoms with E-state index in [1.807, 2.05) is 49.4 Å². The fourth-order valence-corrected chi connectivity index (χ4v) is 3.67. The van der Waals surface area contributed by atoms with E-state index in [1.54, 1.807) is 4.68 Å². The molecule has 8 heteroatoms. The van der Waals surface area contributed by atoms with E-state index in [9.17, 15) is 5.26 Å². The van der Waals surface area contributed by atoms with Crippen LogP contribution in [0.4, 0.5) is 0 Å². The SMILES string of the molecule is Cc1ccc(C[C@@H](C#N)Sc2nnnn2-c2ccc3c(c2)OCCO3)cc1. The third kappa shape index (κ3) is 3.88. The Labute approximate surface area is 160 Å². The molecule has 2 aromatic carbocycles. The van der Waals surface area contributed by atoms with E-state index >= 15 is 0 Å². The van der Waals surface area contributed by atoms with Gasteiger partial charge in [0.05, 0.1) is 11.8 Å². The van der Waals surface area contributed by atoms with Crippen molar-refractivity contribution in [3.8, 4) is 23.3 Å². The second-order valence-electron chi connectivity index (χ2n) is 6.13. The highest BCUT2D eigenvalue weighted by atomic mass is 32.2. The molecule has 0 saturated carbocycles. The van der Waals surface area contributed by atoms with Gasteiger partial charge in [0, 0.05) is 6.07 Å². The zero-order valence-electron chi connectivity index (χ0n) is 14.7. The Morgan fingerprint density at radius 1 is 1.15 bits per heavy atom. The number of aryl methyl sites for hydroxylation is 1. The molecule has 136 valence electrons. The van der Waals surface area contributed by atoms with Gasteiger partial charge < -0.3 is 9.47 Å². The van der Waals surface area contributed by atoms with Crippen molar-refractivity contribution in [2.45, 2.75) is 23.8 Å². The van der Waals surface area contributed by atoms with E-state index in [4.69, 9.17) is 9.47 Å². The summed E-state index contributed by atoms with van der Waals surface area (Å²) in [6.07, 6.45) is 0.620. The summed E-state index contributed by atoms with van der Waals surface area (Å²) in [7, 11) is 0. The Balaban J connectivity index is 1.54. The van der Waals surface area contributed by atoms with E-state index in [0.29, 0.717) is 36.3 Å². The fourth-order valence-electron chi connectivity index (χ4n) is 2.76. The maximum absolute atomic E-state index is 9.58. The van der Waals surface area contributed by atoms with Gasteiger partial charge in [-0.05, 0) is 41.5 Å². The predicted octanol–water partition coefficient (Wildman–Crippen LogP) is 2.97. The lowest BCUT2D eigenvalue weighted by Gasteiger charge is -2.18. The van der Waals surface area contributed by atoms with Crippen LogP contribution < -0.4 is 9.47 Å². The molecule has 0 radical (unpaired) electrons. The smallest absolute Gasteiger partial charge is 0.215 e. The number of nitriles is 1. The van der Waals surface area contributed by atoms with E-state index in [-0.39, 0.29) is 5.25 Å². The fraction of sp³-hybridized carbons (Fsp3) is 0.263. The van der Waals surface area contributed by atoms with Crippen molar-refractivity contribution in [3.05, 3.63) is 53.6 Å². The first-order valence-electron chi connectivity index (χ1n) is 8.53. The van der Waals surface area contributed by atoms with Crippen molar-refractivity contribution in [2.75, 3.05) is 13.2 Å². The highest BCUT2D eigenvalue weighted by molar-refractivity contribution is 8.00. The number of ether oxygens (including phenoxy) is 2. The molecule has 4 rings (SSSR count). The van der Waals surface area contributed by atoms with Crippen LogP contribution in [0.2, 0.25) is 0 Å². The molecule has 0 bridgehead atoms. The van der Waals surface area contributed by atoms with E-state index < -0.39 is 0 Å². The average Bonchev–Trinajstić information content (AvgIpc) is 3.17. The number of nitrogens with zero attached hydrogens (tertiary/aromatic N) is 5. The van der Waals surface area contributed by atoms with E-state index in [1.165, 1.54) is 17.3 Å². The minimum absolute atomic E-state index is 0.297. The molecule has 1 aliphatic rings. The highest BCUT2D eigenvalue weighted by Crippen LogP contribution is 2.33. The second kappa shape index (κ2) is 7.68. The number of thioether (sulfide) groups is 1. The van der Waals surface area contributed by atoms with Crippen LogP contribution in [0, 0.1) is 18.3 Å². The Bertz CT molecular complexity index is 981. The summed E-state index contributed by atoms with van der Waals surface area (Å²) < 4.78 is 12.8. The van der Waals surface area contributed by atoms with E-state index in [2.05, 4.69) is 21.6 Å². The zero-order valence-corrected chi connectivity index (χ0v) is 15.5. The molecular formula is C19H17N5O2S. The highest BCUT2D eigenvalue weighted by Gasteiger charge is 2.19. The van der Waals surface area contributed by atoms with Crippen LogP contribution in [0.3, 0.4) is 0 Å². The minimum atomic E-state index is -0.297. The summed E-state index contributed by atoms with van der Waals surface area (Å²) in [5.74, 6) is 1.38. The summed E-state index contributed by atoms with van der Waals surface area (Å²) >= 11 is 1.35. The summed E-state index contributed by atoms with van der Waals surface area (Å²) in [6.45, 7) is 3.10. The van der Waals surface area contributed by atoms with Gasteiger partial charge in [0.2, 0.25) is 5.16 Å². The predicted molar refractivity (Wildman–Crippen MR) is 100 cm³/mol. The van der Waals surface area contributed by atoms with E-state index in [0.717, 1.165) is 11.3 Å². The van der Waals surface area contributed by atoms with Crippen molar-refractivity contribution in [2.24, 2.45) is 0 Å². The lowest BCUT2D eigenvalue weighted by atomic mass is 10.1. The van der Waals surface area contributed by atoms with Crippen molar-refractivity contribution >= 4 is 11.8 Å². The Morgan fingerprint density at radius 2 is 1.93 bits per heavy atom. The van der Waals surface area contributed by atoms with Crippen molar-refractivity contribution < 1.29 is 9.47 Å². The van der Waals surface area contributed by atoms with Gasteiger partial charge in [-0.3, -0.25) is 0 Å². The average molecular weight is 379 g/mol. The molecular weight excluding hydrogens is 362 g/mol. The summed E-state index contributed by atoms with van der Waals surface area (Å²) in [5.41, 5.74) is 3.07. The molecule has 0 unspecified atom stereocenters. The first-order chi connectivity index (χ1) is 13.2. The molecule has 1 aliphatic heterocycles. The number of benzene rings is 2. The first kappa shape index (κ1) is 17.4. The first-order valence-corrected chi connectivity index (χ1v) is 9.41. The van der Waals surface area contributed by atoms with Crippen molar-refractivity contribution in [1.82, 2.24) is 20.2 Å².